The molecule has 0 aliphatic carbocycles. The van der Waals surface area contributed by atoms with Crippen LogP contribution >= 0.6 is 0 Å². The summed E-state index contributed by atoms with van der Waals surface area (Å²) in [5, 5.41) is 41.2. The summed E-state index contributed by atoms with van der Waals surface area (Å²) in [6.07, 6.45) is 0. The second-order valence-electron chi connectivity index (χ2n) is 18.4. The molecule has 0 spiro atoms. The van der Waals surface area contributed by atoms with E-state index >= 15 is 0 Å². The van der Waals surface area contributed by atoms with Crippen LogP contribution in [0.2, 0.25) is 0 Å². The first-order chi connectivity index (χ1) is 33.1. The maximum atomic E-state index is 12.0. The third kappa shape index (κ3) is 11.4. The molecule has 6 atom stereocenters. The van der Waals surface area contributed by atoms with Crippen molar-refractivity contribution in [2.24, 2.45) is 0 Å². The standard InChI is InChI=1S/C32H32O3.C31H30O3/c1-20-10-12-27(13-11-20)23(4)29-18-28(19-30(31(29)33)32(34)35)22(3)26-16-14-25(15-17-26)21(2)24-8-6-5-7-9-24;1-20(23-10-6-4-7-11-23)25-14-16-26(17-15-25)21(2)27-18-28(30(32)29(19-27)31(33)34)22(3)24-12-8-5-9-13-24/h5-19,21-23,33H,1-4H3,(H,34,35);4-22,32H,1-3H3,(H,33,34). The van der Waals surface area contributed by atoms with Crippen LogP contribution in [0.1, 0.15) is 170 Å². The van der Waals surface area contributed by atoms with Crippen LogP contribution in [-0.4, -0.2) is 32.4 Å². The van der Waals surface area contributed by atoms with E-state index < -0.39 is 11.9 Å². The maximum absolute atomic E-state index is 12.0. The number of benzene rings is 8. The van der Waals surface area contributed by atoms with Gasteiger partial charge in [-0.25, -0.2) is 9.59 Å². The third-order valence-electron chi connectivity index (χ3n) is 14.1. The molecule has 0 saturated heterocycles. The number of phenols is 2. The van der Waals surface area contributed by atoms with E-state index in [1.807, 2.05) is 99.6 Å². The molecule has 0 aromatic heterocycles. The van der Waals surface area contributed by atoms with Crippen molar-refractivity contribution in [1.82, 2.24) is 0 Å². The molecule has 0 radical (unpaired) electrons. The van der Waals surface area contributed by atoms with Gasteiger partial charge in [0.25, 0.3) is 0 Å². The van der Waals surface area contributed by atoms with Crippen molar-refractivity contribution in [3.8, 4) is 11.5 Å². The van der Waals surface area contributed by atoms with Crippen molar-refractivity contribution in [2.45, 2.75) is 84.0 Å². The zero-order valence-electron chi connectivity index (χ0n) is 40.5. The van der Waals surface area contributed by atoms with E-state index in [0.717, 1.165) is 38.9 Å². The number of hydrogen-bond donors (Lipinski definition) is 4. The molecule has 8 aromatic carbocycles. The van der Waals surface area contributed by atoms with Gasteiger partial charge in [0.05, 0.1) is 0 Å². The van der Waals surface area contributed by atoms with Gasteiger partial charge in [0, 0.05) is 46.6 Å². The Kier molecular flexibility index (Phi) is 15.7. The average Bonchev–Trinajstić information content (AvgIpc) is 3.38. The zero-order chi connectivity index (χ0) is 49.4. The van der Waals surface area contributed by atoms with Crippen LogP contribution in [0.5, 0.6) is 11.5 Å². The summed E-state index contributed by atoms with van der Waals surface area (Å²) < 4.78 is 0. The van der Waals surface area contributed by atoms with Crippen molar-refractivity contribution in [1.29, 1.82) is 0 Å². The predicted octanol–water partition coefficient (Wildman–Crippen LogP) is 15.4. The van der Waals surface area contributed by atoms with Gasteiger partial charge in [-0.05, 0) is 74.7 Å². The normalized spacial score (nSPS) is 13.7. The smallest absolute Gasteiger partial charge is 0.339 e. The number of carboxylic acids is 2. The second-order valence-corrected chi connectivity index (χ2v) is 18.4. The van der Waals surface area contributed by atoms with E-state index in [9.17, 15) is 30.0 Å². The van der Waals surface area contributed by atoms with Gasteiger partial charge in [-0.1, -0.05) is 223 Å². The number of aryl methyl sites for hydroxylation is 1. The van der Waals surface area contributed by atoms with Crippen LogP contribution in [0, 0.1) is 6.92 Å². The molecule has 0 amide bonds. The van der Waals surface area contributed by atoms with E-state index in [4.69, 9.17) is 0 Å². The quantitative estimate of drug-likeness (QED) is 0.0864. The third-order valence-corrected chi connectivity index (χ3v) is 14.1. The van der Waals surface area contributed by atoms with E-state index in [-0.39, 0.29) is 58.1 Å². The van der Waals surface area contributed by atoms with Crippen molar-refractivity contribution in [3.63, 3.8) is 0 Å². The highest BCUT2D eigenvalue weighted by Gasteiger charge is 2.25. The highest BCUT2D eigenvalue weighted by Crippen LogP contribution is 2.40. The molecule has 350 valence electrons. The Morgan fingerprint density at radius 2 is 0.551 bits per heavy atom. The Morgan fingerprint density at radius 1 is 0.319 bits per heavy atom. The monoisotopic (exact) mass is 914 g/mol. The van der Waals surface area contributed by atoms with Gasteiger partial charge >= 0.3 is 11.9 Å². The highest BCUT2D eigenvalue weighted by molar-refractivity contribution is 5.92. The summed E-state index contributed by atoms with van der Waals surface area (Å²) in [6.45, 7) is 14.6. The molecule has 0 bridgehead atoms. The number of hydrogen-bond acceptors (Lipinski definition) is 4. The Morgan fingerprint density at radius 3 is 0.841 bits per heavy atom. The minimum atomic E-state index is -1.12. The SMILES string of the molecule is CC(c1ccccc1)c1ccc(C(C)c2cc(C(=O)O)c(O)c(C(C)c3ccccc3)c2)cc1.Cc1ccc(C(C)c2cc(C(C)c3ccc(C(C)c4ccccc4)cc3)cc(C(=O)O)c2O)cc1. The van der Waals surface area contributed by atoms with Crippen molar-refractivity contribution < 1.29 is 30.0 Å². The summed E-state index contributed by atoms with van der Waals surface area (Å²) in [5.74, 6) is -2.33. The molecule has 0 heterocycles. The molecule has 0 fully saturated rings. The van der Waals surface area contributed by atoms with E-state index in [2.05, 4.69) is 125 Å². The molecule has 69 heavy (non-hydrogen) atoms. The lowest BCUT2D eigenvalue weighted by Gasteiger charge is -2.21. The summed E-state index contributed by atoms with van der Waals surface area (Å²) in [5.41, 5.74) is 13.3. The number of aromatic hydroxyl groups is 2. The predicted molar refractivity (Wildman–Crippen MR) is 279 cm³/mol. The van der Waals surface area contributed by atoms with E-state index in [1.54, 1.807) is 12.1 Å². The lowest BCUT2D eigenvalue weighted by molar-refractivity contribution is 0.0682. The fourth-order valence-electron chi connectivity index (χ4n) is 9.20. The van der Waals surface area contributed by atoms with Gasteiger partial charge in [0.2, 0.25) is 0 Å². The van der Waals surface area contributed by atoms with Crippen LogP contribution in [0.25, 0.3) is 0 Å². The Hall–Kier alpha value is -7.70. The maximum Gasteiger partial charge on any atom is 0.339 e. The molecule has 0 aliphatic rings. The summed E-state index contributed by atoms with van der Waals surface area (Å²) in [4.78, 5) is 23.9. The van der Waals surface area contributed by atoms with Crippen molar-refractivity contribution >= 4 is 11.9 Å². The minimum absolute atomic E-state index is 0.0264. The highest BCUT2D eigenvalue weighted by atomic mass is 16.4. The Labute approximate surface area is 407 Å². The van der Waals surface area contributed by atoms with Gasteiger partial charge in [-0.3, -0.25) is 0 Å². The van der Waals surface area contributed by atoms with E-state index in [1.165, 1.54) is 22.3 Å². The summed E-state index contributed by atoms with van der Waals surface area (Å²) in [7, 11) is 0. The van der Waals surface area contributed by atoms with Gasteiger partial charge in [0.1, 0.15) is 22.6 Å². The van der Waals surface area contributed by atoms with Gasteiger partial charge in [0.15, 0.2) is 0 Å². The van der Waals surface area contributed by atoms with Crippen molar-refractivity contribution in [2.75, 3.05) is 0 Å². The van der Waals surface area contributed by atoms with E-state index in [0.29, 0.717) is 11.1 Å². The first-order valence-corrected chi connectivity index (χ1v) is 23.7. The number of carboxylic acid groups (broad SMARTS) is 2. The number of aromatic carboxylic acids is 2. The first-order valence-electron chi connectivity index (χ1n) is 23.7. The molecule has 4 N–H and O–H groups in total. The van der Waals surface area contributed by atoms with Gasteiger partial charge < -0.3 is 20.4 Å². The Balaban J connectivity index is 0.000000204. The van der Waals surface area contributed by atoms with Crippen LogP contribution in [0.4, 0.5) is 0 Å². The average molecular weight is 915 g/mol. The van der Waals surface area contributed by atoms with Crippen LogP contribution in [0.3, 0.4) is 0 Å². The molecule has 8 aromatic rings. The molecule has 6 heteroatoms. The minimum Gasteiger partial charge on any atom is -0.507 e. The number of carbonyl (C=O) groups is 2. The zero-order valence-corrected chi connectivity index (χ0v) is 40.5. The van der Waals surface area contributed by atoms with Crippen LogP contribution < -0.4 is 0 Å². The fraction of sp³-hybridized carbons (Fsp3) is 0.206. The number of rotatable bonds is 14. The molecular weight excluding hydrogens is 853 g/mol. The lowest BCUT2D eigenvalue weighted by Crippen LogP contribution is -2.07. The Bertz CT molecular complexity index is 2980. The lowest BCUT2D eigenvalue weighted by atomic mass is 9.84. The van der Waals surface area contributed by atoms with Gasteiger partial charge in [-0.15, -0.1) is 0 Å². The fourth-order valence-corrected chi connectivity index (χ4v) is 9.20. The molecule has 6 unspecified atom stereocenters. The van der Waals surface area contributed by atoms with Gasteiger partial charge in [-0.2, -0.15) is 0 Å². The molecular formula is C63H62O6. The topological polar surface area (TPSA) is 115 Å². The van der Waals surface area contributed by atoms with Crippen molar-refractivity contribution in [3.05, 3.63) is 272 Å². The summed E-state index contributed by atoms with van der Waals surface area (Å²) >= 11 is 0. The van der Waals surface area contributed by atoms with Crippen LogP contribution in [0.15, 0.2) is 188 Å². The first kappa shape index (κ1) is 49.2. The molecule has 0 aliphatic heterocycles. The molecule has 6 nitrogen and oxygen atoms in total. The van der Waals surface area contributed by atoms with Crippen LogP contribution in [-0.2, 0) is 0 Å². The second kappa shape index (κ2) is 21.9. The largest absolute Gasteiger partial charge is 0.507 e. The molecule has 8 rings (SSSR count). The summed E-state index contributed by atoms with van der Waals surface area (Å²) in [6, 6.07) is 63.0. The molecule has 0 saturated carbocycles.